The van der Waals surface area contributed by atoms with Gasteiger partial charge in [-0.15, -0.1) is 17.5 Å². The number of ether oxygens (including phenoxy) is 1. The molecule has 0 saturated carbocycles. The Labute approximate surface area is 315 Å². The van der Waals surface area contributed by atoms with Gasteiger partial charge in [-0.05, 0) is 67.0 Å². The molecule has 3 aromatic carbocycles. The van der Waals surface area contributed by atoms with Crippen molar-refractivity contribution in [3.05, 3.63) is 77.7 Å². The first-order chi connectivity index (χ1) is 23.3. The second kappa shape index (κ2) is 16.2. The molecule has 2 heterocycles. The molecule has 0 aliphatic carbocycles. The quantitative estimate of drug-likeness (QED) is 0.0862. The van der Waals surface area contributed by atoms with Gasteiger partial charge in [-0.25, -0.2) is 0 Å². The average molecular weight is 881 g/mol. The number of aliphatic hydroxyl groups excluding tert-OH is 1. The Morgan fingerprint density at radius 3 is 2.14 bits per heavy atom. The summed E-state index contributed by atoms with van der Waals surface area (Å²) in [6.07, 6.45) is 2.88. The van der Waals surface area contributed by atoms with E-state index < -0.39 is 11.6 Å². The van der Waals surface area contributed by atoms with Gasteiger partial charge >= 0.3 is 6.18 Å². The van der Waals surface area contributed by atoms with Crippen LogP contribution in [0.5, 0.6) is 11.5 Å². The number of alkyl halides is 3. The van der Waals surface area contributed by atoms with Crippen LogP contribution in [-0.2, 0) is 37.7 Å². The second-order valence-electron chi connectivity index (χ2n) is 15.8. The Morgan fingerprint density at radius 1 is 0.941 bits per heavy atom. The van der Waals surface area contributed by atoms with Crippen LogP contribution in [-0.4, -0.2) is 22.1 Å². The summed E-state index contributed by atoms with van der Waals surface area (Å²) in [4.78, 5) is 16.7. The molecule has 1 aliphatic rings. The van der Waals surface area contributed by atoms with Crippen molar-refractivity contribution in [1.29, 1.82) is 0 Å². The minimum absolute atomic E-state index is 0. The molecule has 8 heteroatoms. The van der Waals surface area contributed by atoms with Crippen molar-refractivity contribution in [2.24, 2.45) is 22.2 Å². The van der Waals surface area contributed by atoms with Gasteiger partial charge in [0.25, 0.3) is 0 Å². The number of allylic oxidation sites excluding steroid dienone is 2. The van der Waals surface area contributed by atoms with E-state index in [0.29, 0.717) is 17.1 Å². The molecule has 51 heavy (non-hydrogen) atoms. The van der Waals surface area contributed by atoms with Crippen LogP contribution in [0.1, 0.15) is 106 Å². The molecule has 0 spiro atoms. The summed E-state index contributed by atoms with van der Waals surface area (Å²) in [6.45, 7) is 19.1. The number of ketones is 1. The van der Waals surface area contributed by atoms with E-state index in [1.54, 1.807) is 12.3 Å². The maximum absolute atomic E-state index is 13.6. The predicted molar refractivity (Wildman–Crippen MR) is 199 cm³/mol. The molecule has 0 atom stereocenters. The number of rotatable bonds is 10. The second-order valence-corrected chi connectivity index (χ2v) is 15.8. The summed E-state index contributed by atoms with van der Waals surface area (Å²) in [5.74, 6) is 1.69. The maximum atomic E-state index is 13.6. The van der Waals surface area contributed by atoms with Gasteiger partial charge in [0.1, 0.15) is 5.75 Å². The van der Waals surface area contributed by atoms with Crippen LogP contribution < -0.4 is 4.74 Å². The van der Waals surface area contributed by atoms with Crippen LogP contribution >= 0.6 is 0 Å². The first kappa shape index (κ1) is 42.2. The fourth-order valence-corrected chi connectivity index (χ4v) is 6.47. The summed E-state index contributed by atoms with van der Waals surface area (Å²) in [6, 6.07) is 17.0. The smallest absolute Gasteiger partial charge is 0.394 e. The molecule has 4 aromatic rings. The molecule has 0 fully saturated rings. The van der Waals surface area contributed by atoms with E-state index >= 15 is 0 Å². The molecular weight excluding hydrogens is 828 g/mol. The number of pyridine rings is 1. The molecule has 1 aromatic heterocycles. The first-order valence-electron chi connectivity index (χ1n) is 17.9. The number of halogens is 3. The van der Waals surface area contributed by atoms with E-state index in [9.17, 15) is 23.1 Å². The largest absolute Gasteiger partial charge is 0.512 e. The predicted octanol–water partition coefficient (Wildman–Crippen LogP) is 12.9. The molecule has 1 radical (unpaired) electrons. The zero-order valence-corrected chi connectivity index (χ0v) is 34.1. The zero-order chi connectivity index (χ0) is 37.2. The van der Waals surface area contributed by atoms with Gasteiger partial charge in [0.2, 0.25) is 0 Å². The van der Waals surface area contributed by atoms with Gasteiger partial charge in [0, 0.05) is 54.8 Å². The average Bonchev–Trinajstić information content (AvgIpc) is 3.04. The number of hydrogen-bond donors (Lipinski definition) is 1. The number of nitrogens with zero attached hydrogens (tertiary/aromatic N) is 1. The van der Waals surface area contributed by atoms with Crippen LogP contribution in [0, 0.1) is 28.2 Å². The third kappa shape index (κ3) is 9.24. The minimum atomic E-state index is -4.30. The van der Waals surface area contributed by atoms with E-state index in [2.05, 4.69) is 37.9 Å². The zero-order valence-electron chi connectivity index (χ0n) is 31.7. The van der Waals surface area contributed by atoms with Crippen molar-refractivity contribution in [3.63, 3.8) is 0 Å². The Balaban J connectivity index is 0.000000353. The number of carbonyl (C=O) groups is 1. The number of carbonyl (C=O) groups excluding carboxylic acids is 1. The van der Waals surface area contributed by atoms with Crippen molar-refractivity contribution in [3.8, 4) is 22.8 Å². The molecule has 4 nitrogen and oxygen atoms in total. The van der Waals surface area contributed by atoms with Gasteiger partial charge in [0.05, 0.1) is 16.9 Å². The summed E-state index contributed by atoms with van der Waals surface area (Å²) in [7, 11) is 0. The van der Waals surface area contributed by atoms with E-state index in [1.807, 2.05) is 65.0 Å². The molecule has 279 valence electrons. The van der Waals surface area contributed by atoms with Gasteiger partial charge in [0.15, 0.2) is 5.78 Å². The van der Waals surface area contributed by atoms with Crippen LogP contribution in [0.15, 0.2) is 60.5 Å². The third-order valence-corrected chi connectivity index (χ3v) is 10.3. The Morgan fingerprint density at radius 2 is 1.57 bits per heavy atom. The topological polar surface area (TPSA) is 59.4 Å². The van der Waals surface area contributed by atoms with E-state index in [-0.39, 0.29) is 54.8 Å². The van der Waals surface area contributed by atoms with Gasteiger partial charge in [-0.3, -0.25) is 9.78 Å². The Kier molecular flexibility index (Phi) is 13.4. The number of aromatic nitrogens is 1. The van der Waals surface area contributed by atoms with E-state index in [0.717, 1.165) is 70.5 Å². The molecule has 0 amide bonds. The number of fused-ring (bicyclic) bond motifs is 3. The SMILES string of the molecule is CC(C)(C)Cc1c2c([c-]c3ccccc13)-c1nccc3cc(CC(C)(C)C(F)(F)F)cc(c13)O2.CCC(CC)/C(O)=C/C(=O)C(C)(CC)CC.[Ir]. The van der Waals surface area contributed by atoms with Crippen LogP contribution in [0.25, 0.3) is 32.8 Å². The molecule has 0 unspecified atom stereocenters. The monoisotopic (exact) mass is 881 g/mol. The van der Waals surface area contributed by atoms with Crippen LogP contribution in [0.4, 0.5) is 13.2 Å². The van der Waals surface area contributed by atoms with E-state index in [4.69, 9.17) is 4.74 Å². The standard InChI is InChI=1S/C29H27F3NO.C14H26O2.Ir/c1-27(2,3)16-22-20-9-7-6-8-18(20)14-21-25-24-19(10-11-33-25)12-17(13-23(24)34-26(21)22)15-28(4,5)29(30,31)32;1-6-11(7-2)12(15)10-13(16)14(5,8-3)9-4;/h6-13H,15-16H2,1-5H3;10-11,15H,6-9H2,1-5H3;/q-1;;/b;12-10-;. The molecule has 5 rings (SSSR count). The summed E-state index contributed by atoms with van der Waals surface area (Å²) in [5.41, 5.74) is 1.06. The molecule has 1 aliphatic heterocycles. The minimum Gasteiger partial charge on any atom is -0.512 e. The van der Waals surface area contributed by atoms with Crippen LogP contribution in [0.3, 0.4) is 0 Å². The summed E-state index contributed by atoms with van der Waals surface area (Å²) in [5, 5.41) is 13.6. The first-order valence-corrected chi connectivity index (χ1v) is 17.9. The van der Waals surface area contributed by atoms with E-state index in [1.165, 1.54) is 19.9 Å². The van der Waals surface area contributed by atoms with Crippen molar-refractivity contribution in [2.75, 3.05) is 0 Å². The number of aliphatic hydroxyl groups is 1. The van der Waals surface area contributed by atoms with Crippen molar-refractivity contribution in [1.82, 2.24) is 4.98 Å². The molecule has 1 N–H and O–H groups in total. The van der Waals surface area contributed by atoms with Gasteiger partial charge in [-0.1, -0.05) is 110 Å². The summed E-state index contributed by atoms with van der Waals surface area (Å²) >= 11 is 0. The summed E-state index contributed by atoms with van der Waals surface area (Å²) < 4.78 is 47.3. The normalized spacial score (nSPS) is 13.3. The van der Waals surface area contributed by atoms with Crippen molar-refractivity contribution >= 4 is 27.3 Å². The Bertz CT molecular complexity index is 1880. The molecule has 0 saturated heterocycles. The van der Waals surface area contributed by atoms with Gasteiger partial charge in [-0.2, -0.15) is 13.2 Å². The number of benzene rings is 3. The Hall–Kier alpha value is -3.22. The molecular formula is C43H53F3IrNO3-. The van der Waals surface area contributed by atoms with Crippen molar-refractivity contribution < 1.29 is 47.9 Å². The van der Waals surface area contributed by atoms with Crippen molar-refractivity contribution in [2.45, 2.75) is 114 Å². The maximum Gasteiger partial charge on any atom is 0.394 e. The number of hydrogen-bond acceptors (Lipinski definition) is 4. The van der Waals surface area contributed by atoms with Gasteiger partial charge < -0.3 is 9.84 Å². The molecule has 0 bridgehead atoms. The third-order valence-electron chi connectivity index (χ3n) is 10.3. The fourth-order valence-electron chi connectivity index (χ4n) is 6.47. The van der Waals surface area contributed by atoms with Crippen LogP contribution in [0.2, 0.25) is 0 Å². The fraction of sp³-hybridized carbons (Fsp3) is 0.488.